The molecule has 136 valence electrons. The SMILES string of the molecule is COc1ccc(NC(=O)N2CCCC(C)(F)C2)cc1N1CCCC1=O. The first-order valence-electron chi connectivity index (χ1n) is 8.63. The average Bonchev–Trinajstić information content (AvgIpc) is 2.99. The van der Waals surface area contributed by atoms with Crippen LogP contribution in [0.4, 0.5) is 20.6 Å². The zero-order valence-corrected chi connectivity index (χ0v) is 14.7. The zero-order valence-electron chi connectivity index (χ0n) is 14.7. The number of methoxy groups -OCH3 is 1. The van der Waals surface area contributed by atoms with Gasteiger partial charge in [0.2, 0.25) is 5.91 Å². The zero-order chi connectivity index (χ0) is 18.0. The molecule has 3 rings (SSSR count). The second kappa shape index (κ2) is 6.90. The van der Waals surface area contributed by atoms with Crippen LogP contribution in [-0.4, -0.2) is 49.3 Å². The van der Waals surface area contributed by atoms with Crippen molar-refractivity contribution in [2.75, 3.05) is 37.0 Å². The van der Waals surface area contributed by atoms with Crippen LogP contribution in [0.3, 0.4) is 0 Å². The first kappa shape index (κ1) is 17.5. The monoisotopic (exact) mass is 349 g/mol. The maximum Gasteiger partial charge on any atom is 0.321 e. The summed E-state index contributed by atoms with van der Waals surface area (Å²) < 4.78 is 19.5. The van der Waals surface area contributed by atoms with E-state index in [1.807, 2.05) is 0 Å². The van der Waals surface area contributed by atoms with Crippen LogP contribution in [0.5, 0.6) is 5.75 Å². The highest BCUT2D eigenvalue weighted by atomic mass is 19.1. The number of likely N-dealkylation sites (tertiary alicyclic amines) is 1. The van der Waals surface area contributed by atoms with Crippen LogP contribution in [-0.2, 0) is 4.79 Å². The first-order valence-corrected chi connectivity index (χ1v) is 8.63. The van der Waals surface area contributed by atoms with Crippen LogP contribution in [0.25, 0.3) is 0 Å². The number of piperidine rings is 1. The number of amides is 3. The Labute approximate surface area is 146 Å². The van der Waals surface area contributed by atoms with E-state index in [4.69, 9.17) is 4.74 Å². The van der Waals surface area contributed by atoms with Crippen molar-refractivity contribution < 1.29 is 18.7 Å². The minimum absolute atomic E-state index is 0.0472. The highest BCUT2D eigenvalue weighted by Crippen LogP contribution is 2.34. The number of nitrogens with one attached hydrogen (secondary N) is 1. The number of halogens is 1. The molecule has 0 aliphatic carbocycles. The smallest absolute Gasteiger partial charge is 0.321 e. The summed E-state index contributed by atoms with van der Waals surface area (Å²) in [5.41, 5.74) is -0.133. The summed E-state index contributed by atoms with van der Waals surface area (Å²) in [6.07, 6.45) is 2.45. The fraction of sp³-hybridized carbons (Fsp3) is 0.556. The summed E-state index contributed by atoms with van der Waals surface area (Å²) in [7, 11) is 1.55. The summed E-state index contributed by atoms with van der Waals surface area (Å²) in [6, 6.07) is 4.86. The molecule has 2 fully saturated rings. The highest BCUT2D eigenvalue weighted by molar-refractivity contribution is 5.98. The third-order valence-electron chi connectivity index (χ3n) is 4.73. The van der Waals surface area contributed by atoms with Gasteiger partial charge in [0.15, 0.2) is 0 Å². The molecule has 7 heteroatoms. The number of carbonyl (C=O) groups is 2. The number of anilines is 2. The molecule has 25 heavy (non-hydrogen) atoms. The van der Waals surface area contributed by atoms with E-state index in [1.54, 1.807) is 30.2 Å². The Morgan fingerprint density at radius 2 is 2.12 bits per heavy atom. The van der Waals surface area contributed by atoms with Crippen molar-refractivity contribution in [1.82, 2.24) is 4.90 Å². The van der Waals surface area contributed by atoms with Crippen LogP contribution in [0.1, 0.15) is 32.6 Å². The van der Waals surface area contributed by atoms with Gasteiger partial charge in [-0.2, -0.15) is 0 Å². The van der Waals surface area contributed by atoms with Crippen LogP contribution in [0.2, 0.25) is 0 Å². The summed E-state index contributed by atoms with van der Waals surface area (Å²) >= 11 is 0. The van der Waals surface area contributed by atoms with Gasteiger partial charge in [0.25, 0.3) is 0 Å². The Kier molecular flexibility index (Phi) is 4.83. The Morgan fingerprint density at radius 1 is 1.32 bits per heavy atom. The standard InChI is InChI=1S/C18H24FN3O3/c1-18(19)8-4-9-21(12-18)17(24)20-13-6-7-15(25-2)14(11-13)22-10-3-5-16(22)23/h6-7,11H,3-5,8-10,12H2,1-2H3,(H,20,24). The number of hydrogen-bond donors (Lipinski definition) is 1. The van der Waals surface area contributed by atoms with E-state index in [-0.39, 0.29) is 18.5 Å². The van der Waals surface area contributed by atoms with E-state index in [0.29, 0.717) is 49.5 Å². The molecular formula is C18H24FN3O3. The van der Waals surface area contributed by atoms with Gasteiger partial charge in [-0.1, -0.05) is 0 Å². The number of urea groups is 1. The number of nitrogens with zero attached hydrogens (tertiary/aromatic N) is 2. The minimum Gasteiger partial charge on any atom is -0.495 e. The molecule has 6 nitrogen and oxygen atoms in total. The fourth-order valence-corrected chi connectivity index (χ4v) is 3.45. The third kappa shape index (κ3) is 3.86. The Hall–Kier alpha value is -2.31. The minimum atomic E-state index is -1.34. The van der Waals surface area contributed by atoms with E-state index in [9.17, 15) is 14.0 Å². The fourth-order valence-electron chi connectivity index (χ4n) is 3.45. The maximum atomic E-state index is 14.1. The summed E-state index contributed by atoms with van der Waals surface area (Å²) in [6.45, 7) is 2.79. The Balaban J connectivity index is 1.76. The number of hydrogen-bond acceptors (Lipinski definition) is 3. The van der Waals surface area contributed by atoms with Crippen molar-refractivity contribution in [2.24, 2.45) is 0 Å². The number of carbonyl (C=O) groups excluding carboxylic acids is 2. The van der Waals surface area contributed by atoms with Gasteiger partial charge in [0, 0.05) is 25.2 Å². The third-order valence-corrected chi connectivity index (χ3v) is 4.73. The van der Waals surface area contributed by atoms with Crippen molar-refractivity contribution in [2.45, 2.75) is 38.3 Å². The number of benzene rings is 1. The van der Waals surface area contributed by atoms with E-state index in [0.717, 1.165) is 6.42 Å². The Bertz CT molecular complexity index is 678. The maximum absolute atomic E-state index is 14.1. The summed E-state index contributed by atoms with van der Waals surface area (Å²) in [5.74, 6) is 0.633. The van der Waals surface area contributed by atoms with Crippen molar-refractivity contribution in [3.05, 3.63) is 18.2 Å². The molecule has 2 aliphatic rings. The van der Waals surface area contributed by atoms with Crippen molar-refractivity contribution in [3.8, 4) is 5.75 Å². The molecule has 0 bridgehead atoms. The van der Waals surface area contributed by atoms with Crippen LogP contribution in [0.15, 0.2) is 18.2 Å². The molecule has 0 saturated carbocycles. The lowest BCUT2D eigenvalue weighted by atomic mass is 9.97. The first-order chi connectivity index (χ1) is 11.9. The molecule has 3 amide bonds. The lowest BCUT2D eigenvalue weighted by Crippen LogP contribution is -2.48. The molecule has 1 aromatic rings. The summed E-state index contributed by atoms with van der Waals surface area (Å²) in [4.78, 5) is 27.6. The number of ether oxygens (including phenoxy) is 1. The van der Waals surface area contributed by atoms with Gasteiger partial charge in [0.1, 0.15) is 11.4 Å². The number of rotatable bonds is 3. The molecule has 2 saturated heterocycles. The van der Waals surface area contributed by atoms with E-state index < -0.39 is 5.67 Å². The Morgan fingerprint density at radius 3 is 2.76 bits per heavy atom. The molecule has 1 aromatic carbocycles. The predicted molar refractivity (Wildman–Crippen MR) is 93.9 cm³/mol. The normalized spacial score (nSPS) is 23.7. The van der Waals surface area contributed by atoms with E-state index >= 15 is 0 Å². The molecule has 0 aromatic heterocycles. The highest BCUT2D eigenvalue weighted by Gasteiger charge is 2.33. The summed E-state index contributed by atoms with van der Waals surface area (Å²) in [5, 5.41) is 2.81. The van der Waals surface area contributed by atoms with Crippen LogP contribution >= 0.6 is 0 Å². The van der Waals surface area contributed by atoms with Gasteiger partial charge in [0.05, 0.1) is 19.3 Å². The second-order valence-corrected chi connectivity index (χ2v) is 6.90. The van der Waals surface area contributed by atoms with Gasteiger partial charge in [-0.3, -0.25) is 4.79 Å². The van der Waals surface area contributed by atoms with Gasteiger partial charge < -0.3 is 19.9 Å². The molecule has 2 heterocycles. The van der Waals surface area contributed by atoms with Crippen molar-refractivity contribution in [1.29, 1.82) is 0 Å². The molecule has 2 aliphatic heterocycles. The molecule has 1 atom stereocenters. The number of alkyl halides is 1. The van der Waals surface area contributed by atoms with Crippen LogP contribution in [0, 0.1) is 0 Å². The lowest BCUT2D eigenvalue weighted by Gasteiger charge is -2.35. The van der Waals surface area contributed by atoms with Crippen molar-refractivity contribution in [3.63, 3.8) is 0 Å². The predicted octanol–water partition coefficient (Wildman–Crippen LogP) is 3.18. The quantitative estimate of drug-likeness (QED) is 0.912. The van der Waals surface area contributed by atoms with Gasteiger partial charge in [-0.25, -0.2) is 9.18 Å². The molecule has 1 N–H and O–H groups in total. The molecule has 0 spiro atoms. The largest absolute Gasteiger partial charge is 0.495 e. The van der Waals surface area contributed by atoms with Gasteiger partial charge in [-0.15, -0.1) is 0 Å². The van der Waals surface area contributed by atoms with Crippen molar-refractivity contribution >= 4 is 23.3 Å². The van der Waals surface area contributed by atoms with Gasteiger partial charge in [-0.05, 0) is 44.4 Å². The van der Waals surface area contributed by atoms with E-state index in [2.05, 4.69) is 5.32 Å². The molecule has 1 unspecified atom stereocenters. The molecular weight excluding hydrogens is 325 g/mol. The average molecular weight is 349 g/mol. The lowest BCUT2D eigenvalue weighted by molar-refractivity contribution is -0.117. The van der Waals surface area contributed by atoms with Gasteiger partial charge >= 0.3 is 6.03 Å². The second-order valence-electron chi connectivity index (χ2n) is 6.90. The van der Waals surface area contributed by atoms with E-state index in [1.165, 1.54) is 11.8 Å². The topological polar surface area (TPSA) is 61.9 Å². The van der Waals surface area contributed by atoms with Crippen LogP contribution < -0.4 is 15.0 Å². The molecule has 0 radical (unpaired) electrons.